The van der Waals surface area contributed by atoms with Crippen LogP contribution in [0.5, 0.6) is 0 Å². The second kappa shape index (κ2) is 15.0. The Hall–Kier alpha value is -1.18. The van der Waals surface area contributed by atoms with Crippen molar-refractivity contribution in [2.45, 2.75) is 86.4 Å². The van der Waals surface area contributed by atoms with Gasteiger partial charge in [-0.2, -0.15) is 0 Å². The van der Waals surface area contributed by atoms with Gasteiger partial charge in [0.05, 0.1) is 42.5 Å². The molecule has 0 radical (unpaired) electrons. The number of thioether (sulfide) groups is 2. The lowest BCUT2D eigenvalue weighted by atomic mass is 9.82. The Morgan fingerprint density at radius 3 is 2.37 bits per heavy atom. The quantitative estimate of drug-likeness (QED) is 0.133. The van der Waals surface area contributed by atoms with Gasteiger partial charge >= 0.3 is 6.03 Å². The van der Waals surface area contributed by atoms with Gasteiger partial charge in [0.15, 0.2) is 12.1 Å². The first-order chi connectivity index (χ1) is 19.3. The van der Waals surface area contributed by atoms with Gasteiger partial charge in [0.25, 0.3) is 0 Å². The molecule has 3 rings (SSSR count). The van der Waals surface area contributed by atoms with E-state index in [1.807, 2.05) is 6.26 Å². The molecule has 3 amide bonds. The topological polar surface area (TPSA) is 221 Å². The van der Waals surface area contributed by atoms with Crippen molar-refractivity contribution < 1.29 is 49.3 Å². The summed E-state index contributed by atoms with van der Waals surface area (Å²) >= 11 is 2.48. The summed E-state index contributed by atoms with van der Waals surface area (Å²) in [5.74, 6) is -3.45. The van der Waals surface area contributed by atoms with E-state index in [2.05, 4.69) is 0 Å². The van der Waals surface area contributed by atoms with Crippen LogP contribution >= 0.6 is 23.5 Å². The standard InChI is InChI=1S/C25H44N4O10S2/c1-13-20(32)19(26)21(33)23(37-13)38-14(4-9-40-2)10-16-18(15(30)11-25(36,39-16)12-17(31)41-3)22(34)28-5-7-29(8-6-28)24(27)35/h4,9,13-21,23,30-33,36H,5-8,10-12,26H2,1-3H3,(H2,27,35)/b9-4+/t13?,14-,15-,16-,17-,18?,19?,20?,21?,23?,25-/m0/s1. The molecule has 3 saturated heterocycles. The van der Waals surface area contributed by atoms with E-state index in [4.69, 9.17) is 25.7 Å². The molecular weight excluding hydrogens is 580 g/mol. The van der Waals surface area contributed by atoms with Gasteiger partial charge < -0.3 is 61.0 Å². The molecule has 0 aromatic heterocycles. The van der Waals surface area contributed by atoms with Crippen molar-refractivity contribution in [2.24, 2.45) is 17.4 Å². The number of carbonyl (C=O) groups excluding carboxylic acids is 2. The summed E-state index contributed by atoms with van der Waals surface area (Å²) < 4.78 is 17.8. The summed E-state index contributed by atoms with van der Waals surface area (Å²) in [5, 5.41) is 55.2. The Morgan fingerprint density at radius 2 is 1.78 bits per heavy atom. The highest BCUT2D eigenvalue weighted by atomic mass is 32.2. The first-order valence-corrected chi connectivity index (χ1v) is 16.1. The van der Waals surface area contributed by atoms with E-state index < -0.39 is 78.0 Å². The van der Waals surface area contributed by atoms with Gasteiger partial charge in [0.1, 0.15) is 11.5 Å². The second-order valence-electron chi connectivity index (χ2n) is 10.7. The van der Waals surface area contributed by atoms with Gasteiger partial charge in [-0.15, -0.1) is 23.5 Å². The maximum Gasteiger partial charge on any atom is 0.314 e. The highest BCUT2D eigenvalue weighted by Gasteiger charge is 2.51. The van der Waals surface area contributed by atoms with Crippen LogP contribution in [0.3, 0.4) is 0 Å². The molecule has 0 aliphatic carbocycles. The van der Waals surface area contributed by atoms with Crippen molar-refractivity contribution in [2.75, 3.05) is 38.7 Å². The zero-order valence-electron chi connectivity index (χ0n) is 23.5. The van der Waals surface area contributed by atoms with Crippen molar-refractivity contribution in [3.05, 3.63) is 11.5 Å². The number of aliphatic hydroxyl groups excluding tert-OH is 4. The van der Waals surface area contributed by atoms with Crippen molar-refractivity contribution in [1.82, 2.24) is 9.80 Å². The summed E-state index contributed by atoms with van der Waals surface area (Å²) in [6.45, 7) is 2.49. The lowest BCUT2D eigenvalue weighted by Crippen LogP contribution is -2.62. The van der Waals surface area contributed by atoms with Gasteiger partial charge in [-0.05, 0) is 30.9 Å². The van der Waals surface area contributed by atoms with E-state index in [1.54, 1.807) is 24.7 Å². The zero-order valence-corrected chi connectivity index (χ0v) is 25.2. The maximum atomic E-state index is 13.7. The van der Waals surface area contributed by atoms with Gasteiger partial charge in [0, 0.05) is 45.4 Å². The summed E-state index contributed by atoms with van der Waals surface area (Å²) in [5.41, 5.74) is 10.4. The smallest absolute Gasteiger partial charge is 0.314 e. The lowest BCUT2D eigenvalue weighted by Gasteiger charge is -2.47. The van der Waals surface area contributed by atoms with Gasteiger partial charge in [0.2, 0.25) is 5.91 Å². The SMILES string of the molecule is CS/C=C/[C@@H](C[C@@H]1O[C@](O)(C[C@@H](O)SC)C[C@H](O)C1C(=O)N1CCN(C(N)=O)CC1)OC1OC(C)C(O)C(N)C1O. The monoisotopic (exact) mass is 624 g/mol. The van der Waals surface area contributed by atoms with Crippen LogP contribution in [0.4, 0.5) is 4.79 Å². The molecular formula is C25H44N4O10S2. The van der Waals surface area contributed by atoms with Crippen LogP contribution in [0.2, 0.25) is 0 Å². The average molecular weight is 625 g/mol. The number of amides is 3. The number of piperazine rings is 1. The molecule has 0 spiro atoms. The summed E-state index contributed by atoms with van der Waals surface area (Å²) in [6, 6.07) is -1.60. The molecule has 6 unspecified atom stereocenters. The fraction of sp³-hybridized carbons (Fsp3) is 0.840. The number of nitrogens with two attached hydrogens (primary N) is 2. The highest BCUT2D eigenvalue weighted by molar-refractivity contribution is 8.01. The molecule has 14 nitrogen and oxygen atoms in total. The molecule has 3 aliphatic heterocycles. The number of aliphatic hydroxyl groups is 5. The van der Waals surface area contributed by atoms with Crippen LogP contribution in [0, 0.1) is 5.92 Å². The van der Waals surface area contributed by atoms with Gasteiger partial charge in [-0.3, -0.25) is 4.79 Å². The van der Waals surface area contributed by atoms with Crippen LogP contribution in [0.1, 0.15) is 26.2 Å². The predicted octanol–water partition coefficient (Wildman–Crippen LogP) is -1.82. The highest BCUT2D eigenvalue weighted by Crippen LogP contribution is 2.39. The molecule has 3 fully saturated rings. The summed E-state index contributed by atoms with van der Waals surface area (Å²) in [4.78, 5) is 28.2. The van der Waals surface area contributed by atoms with Crippen LogP contribution in [-0.2, 0) is 19.0 Å². The van der Waals surface area contributed by atoms with E-state index in [0.717, 1.165) is 11.8 Å². The fourth-order valence-electron chi connectivity index (χ4n) is 5.40. The lowest BCUT2D eigenvalue weighted by molar-refractivity contribution is -0.305. The summed E-state index contributed by atoms with van der Waals surface area (Å²) in [7, 11) is 0. The minimum Gasteiger partial charge on any atom is -0.392 e. The summed E-state index contributed by atoms with van der Waals surface area (Å²) in [6.07, 6.45) is -2.99. The molecule has 236 valence electrons. The largest absolute Gasteiger partial charge is 0.392 e. The first-order valence-electron chi connectivity index (χ1n) is 13.5. The number of ether oxygens (including phenoxy) is 3. The van der Waals surface area contributed by atoms with Crippen molar-refractivity contribution >= 4 is 35.5 Å². The minimum absolute atomic E-state index is 0.0395. The number of hydrogen-bond acceptors (Lipinski definition) is 13. The maximum absolute atomic E-state index is 13.7. The Labute approximate surface area is 248 Å². The number of carbonyl (C=O) groups is 2. The molecule has 0 saturated carbocycles. The molecule has 9 N–H and O–H groups in total. The Morgan fingerprint density at radius 1 is 1.15 bits per heavy atom. The number of nitrogens with zero attached hydrogens (tertiary/aromatic N) is 2. The van der Waals surface area contributed by atoms with Crippen LogP contribution in [0.15, 0.2) is 11.5 Å². The van der Waals surface area contributed by atoms with E-state index in [1.165, 1.54) is 21.6 Å². The van der Waals surface area contributed by atoms with Gasteiger partial charge in [-0.1, -0.05) is 0 Å². The van der Waals surface area contributed by atoms with Crippen LogP contribution < -0.4 is 11.5 Å². The molecule has 0 bridgehead atoms. The molecule has 3 aliphatic rings. The second-order valence-corrected chi connectivity index (χ2v) is 12.4. The van der Waals surface area contributed by atoms with E-state index >= 15 is 0 Å². The Kier molecular flexibility index (Phi) is 12.6. The van der Waals surface area contributed by atoms with Gasteiger partial charge in [-0.25, -0.2) is 4.79 Å². The van der Waals surface area contributed by atoms with Crippen molar-refractivity contribution in [3.63, 3.8) is 0 Å². The number of hydrogen-bond donors (Lipinski definition) is 7. The predicted molar refractivity (Wildman–Crippen MR) is 152 cm³/mol. The van der Waals surface area contributed by atoms with Crippen LogP contribution in [-0.4, -0.2) is 146 Å². The first kappa shape index (κ1) is 34.3. The molecule has 0 aromatic carbocycles. The minimum atomic E-state index is -1.93. The number of primary amides is 1. The van der Waals surface area contributed by atoms with E-state index in [0.29, 0.717) is 0 Å². The fourth-order valence-corrected chi connectivity index (χ4v) is 6.16. The van der Waals surface area contributed by atoms with Crippen LogP contribution in [0.25, 0.3) is 0 Å². The van der Waals surface area contributed by atoms with E-state index in [9.17, 15) is 35.1 Å². The van der Waals surface area contributed by atoms with Crippen molar-refractivity contribution in [1.29, 1.82) is 0 Å². The third kappa shape index (κ3) is 8.69. The average Bonchev–Trinajstić information content (AvgIpc) is 2.92. The molecule has 3 heterocycles. The third-order valence-electron chi connectivity index (χ3n) is 7.77. The normalized spacial score (nSPS) is 38.2. The number of urea groups is 1. The molecule has 0 aromatic rings. The van der Waals surface area contributed by atoms with Crippen molar-refractivity contribution in [3.8, 4) is 0 Å². The third-order valence-corrected chi connectivity index (χ3v) is 8.91. The zero-order chi connectivity index (χ0) is 30.5. The molecule has 41 heavy (non-hydrogen) atoms. The number of rotatable bonds is 10. The Balaban J connectivity index is 1.86. The van der Waals surface area contributed by atoms with E-state index in [-0.39, 0.29) is 45.4 Å². The molecule has 16 heteroatoms. The Bertz CT molecular complexity index is 914. The molecule has 11 atom stereocenters.